The topological polar surface area (TPSA) is 57.8 Å². The Hall–Kier alpha value is -2.17. The Bertz CT molecular complexity index is 563. The summed E-state index contributed by atoms with van der Waals surface area (Å²) in [6, 6.07) is 5.99. The van der Waals surface area contributed by atoms with Crippen LogP contribution in [0.15, 0.2) is 30.5 Å². The minimum Gasteiger partial charge on any atom is -0.356 e. The van der Waals surface area contributed by atoms with Gasteiger partial charge >= 0.3 is 0 Å². The molecule has 2 N–H and O–H groups in total. The number of aromatic amines is 1. The number of nitrogens with zero attached hydrogens (tertiary/aromatic N) is 1. The Morgan fingerprint density at radius 3 is 2.75 bits per heavy atom. The standard InChI is InChI=1S/C15H18FN3O/c1-11-13(10-18-19-11)3-2-8-17-15(20)9-12-4-6-14(16)7-5-12/h4-7,10H,2-3,8-9H2,1H3,(H,17,20)(H,18,19). The lowest BCUT2D eigenvalue weighted by molar-refractivity contribution is -0.120. The molecule has 0 fully saturated rings. The summed E-state index contributed by atoms with van der Waals surface area (Å²) in [6.07, 6.45) is 3.86. The molecule has 1 aromatic heterocycles. The van der Waals surface area contributed by atoms with Crippen LogP contribution in [0.25, 0.3) is 0 Å². The second-order valence-electron chi connectivity index (χ2n) is 4.78. The molecule has 0 aliphatic heterocycles. The summed E-state index contributed by atoms with van der Waals surface area (Å²) >= 11 is 0. The number of amides is 1. The van der Waals surface area contributed by atoms with Gasteiger partial charge in [0.25, 0.3) is 0 Å². The maximum atomic E-state index is 12.7. The van der Waals surface area contributed by atoms with Crippen LogP contribution in [0.4, 0.5) is 4.39 Å². The smallest absolute Gasteiger partial charge is 0.224 e. The molecule has 1 heterocycles. The van der Waals surface area contributed by atoms with Crippen LogP contribution in [-0.2, 0) is 17.6 Å². The SMILES string of the molecule is Cc1[nH]ncc1CCCNC(=O)Cc1ccc(F)cc1. The third-order valence-corrected chi connectivity index (χ3v) is 3.16. The highest BCUT2D eigenvalue weighted by atomic mass is 19.1. The van der Waals surface area contributed by atoms with Crippen molar-refractivity contribution >= 4 is 5.91 Å². The molecule has 1 aromatic carbocycles. The Morgan fingerprint density at radius 1 is 1.35 bits per heavy atom. The van der Waals surface area contributed by atoms with E-state index in [9.17, 15) is 9.18 Å². The molecule has 5 heteroatoms. The summed E-state index contributed by atoms with van der Waals surface area (Å²) in [7, 11) is 0. The molecule has 1 amide bonds. The van der Waals surface area contributed by atoms with Gasteiger partial charge in [0, 0.05) is 12.2 Å². The maximum Gasteiger partial charge on any atom is 0.224 e. The van der Waals surface area contributed by atoms with Crippen molar-refractivity contribution in [2.75, 3.05) is 6.54 Å². The molecular formula is C15H18FN3O. The van der Waals surface area contributed by atoms with Gasteiger partial charge < -0.3 is 5.32 Å². The van der Waals surface area contributed by atoms with Crippen molar-refractivity contribution in [2.45, 2.75) is 26.2 Å². The monoisotopic (exact) mass is 275 g/mol. The quantitative estimate of drug-likeness (QED) is 0.794. The van der Waals surface area contributed by atoms with E-state index in [1.165, 1.54) is 17.7 Å². The predicted octanol–water partition coefficient (Wildman–Crippen LogP) is 2.15. The van der Waals surface area contributed by atoms with E-state index in [1.54, 1.807) is 12.1 Å². The van der Waals surface area contributed by atoms with Crippen LogP contribution in [0.1, 0.15) is 23.2 Å². The van der Waals surface area contributed by atoms with Crippen LogP contribution >= 0.6 is 0 Å². The lowest BCUT2D eigenvalue weighted by Gasteiger charge is -2.05. The van der Waals surface area contributed by atoms with E-state index in [1.807, 2.05) is 13.1 Å². The number of rotatable bonds is 6. The summed E-state index contributed by atoms with van der Waals surface area (Å²) in [6.45, 7) is 2.61. The van der Waals surface area contributed by atoms with Gasteiger partial charge in [-0.25, -0.2) is 4.39 Å². The Morgan fingerprint density at radius 2 is 2.10 bits per heavy atom. The first-order valence-electron chi connectivity index (χ1n) is 6.65. The number of hydrogen-bond donors (Lipinski definition) is 2. The fourth-order valence-electron chi connectivity index (χ4n) is 1.98. The number of aromatic nitrogens is 2. The van der Waals surface area contributed by atoms with E-state index in [4.69, 9.17) is 0 Å². The Labute approximate surface area is 117 Å². The first-order chi connectivity index (χ1) is 9.65. The minimum atomic E-state index is -0.287. The van der Waals surface area contributed by atoms with Gasteiger partial charge in [-0.05, 0) is 43.0 Å². The van der Waals surface area contributed by atoms with Crippen LogP contribution in [-0.4, -0.2) is 22.6 Å². The second kappa shape index (κ2) is 6.84. The van der Waals surface area contributed by atoms with Gasteiger partial charge in [0.1, 0.15) is 5.82 Å². The van der Waals surface area contributed by atoms with E-state index in [-0.39, 0.29) is 18.1 Å². The van der Waals surface area contributed by atoms with Crippen molar-refractivity contribution in [2.24, 2.45) is 0 Å². The largest absolute Gasteiger partial charge is 0.356 e. The molecular weight excluding hydrogens is 257 g/mol. The van der Waals surface area contributed by atoms with Crippen molar-refractivity contribution in [1.29, 1.82) is 0 Å². The number of hydrogen-bond acceptors (Lipinski definition) is 2. The van der Waals surface area contributed by atoms with Gasteiger partial charge in [-0.3, -0.25) is 9.89 Å². The van der Waals surface area contributed by atoms with Gasteiger partial charge in [-0.1, -0.05) is 12.1 Å². The van der Waals surface area contributed by atoms with Crippen molar-refractivity contribution < 1.29 is 9.18 Å². The van der Waals surface area contributed by atoms with E-state index < -0.39 is 0 Å². The molecule has 0 spiro atoms. The zero-order valence-corrected chi connectivity index (χ0v) is 11.4. The second-order valence-corrected chi connectivity index (χ2v) is 4.78. The van der Waals surface area contributed by atoms with Crippen molar-refractivity contribution in [3.05, 3.63) is 53.1 Å². The normalized spacial score (nSPS) is 10.5. The van der Waals surface area contributed by atoms with Gasteiger partial charge in [-0.2, -0.15) is 5.10 Å². The zero-order valence-electron chi connectivity index (χ0n) is 11.4. The Kier molecular flexibility index (Phi) is 4.87. The molecule has 4 nitrogen and oxygen atoms in total. The first kappa shape index (κ1) is 14.2. The molecule has 0 saturated carbocycles. The zero-order chi connectivity index (χ0) is 14.4. The molecule has 20 heavy (non-hydrogen) atoms. The summed E-state index contributed by atoms with van der Waals surface area (Å²) < 4.78 is 12.7. The summed E-state index contributed by atoms with van der Waals surface area (Å²) in [5.41, 5.74) is 3.06. The molecule has 0 unspecified atom stereocenters. The van der Waals surface area contributed by atoms with Gasteiger partial charge in [0.15, 0.2) is 0 Å². The van der Waals surface area contributed by atoms with E-state index in [0.29, 0.717) is 6.54 Å². The minimum absolute atomic E-state index is 0.0412. The highest BCUT2D eigenvalue weighted by Crippen LogP contribution is 2.05. The number of aryl methyl sites for hydroxylation is 2. The van der Waals surface area contributed by atoms with Crippen LogP contribution in [0.2, 0.25) is 0 Å². The summed E-state index contributed by atoms with van der Waals surface area (Å²) in [5, 5.41) is 9.71. The van der Waals surface area contributed by atoms with Crippen LogP contribution in [0.3, 0.4) is 0 Å². The van der Waals surface area contributed by atoms with E-state index in [0.717, 1.165) is 24.1 Å². The molecule has 2 rings (SSSR count). The fourth-order valence-corrected chi connectivity index (χ4v) is 1.98. The average Bonchev–Trinajstić information content (AvgIpc) is 2.83. The molecule has 0 bridgehead atoms. The first-order valence-corrected chi connectivity index (χ1v) is 6.65. The van der Waals surface area contributed by atoms with Crippen LogP contribution in [0, 0.1) is 12.7 Å². The number of carbonyl (C=O) groups excluding carboxylic acids is 1. The molecule has 0 atom stereocenters. The number of carbonyl (C=O) groups is 1. The third-order valence-electron chi connectivity index (χ3n) is 3.16. The number of benzene rings is 1. The van der Waals surface area contributed by atoms with Gasteiger partial charge in [0.05, 0.1) is 12.6 Å². The Balaban J connectivity index is 1.68. The lowest BCUT2D eigenvalue weighted by Crippen LogP contribution is -2.26. The molecule has 2 aromatic rings. The predicted molar refractivity (Wildman–Crippen MR) is 74.8 cm³/mol. The van der Waals surface area contributed by atoms with Crippen molar-refractivity contribution in [3.63, 3.8) is 0 Å². The number of nitrogens with one attached hydrogen (secondary N) is 2. The highest BCUT2D eigenvalue weighted by molar-refractivity contribution is 5.78. The highest BCUT2D eigenvalue weighted by Gasteiger charge is 2.04. The fraction of sp³-hybridized carbons (Fsp3) is 0.333. The average molecular weight is 275 g/mol. The van der Waals surface area contributed by atoms with Crippen molar-refractivity contribution in [1.82, 2.24) is 15.5 Å². The summed E-state index contributed by atoms with van der Waals surface area (Å²) in [5.74, 6) is -0.329. The number of halogens is 1. The van der Waals surface area contributed by atoms with Crippen LogP contribution < -0.4 is 5.32 Å². The maximum absolute atomic E-state index is 12.7. The molecule has 0 aliphatic rings. The molecule has 0 radical (unpaired) electrons. The van der Waals surface area contributed by atoms with E-state index in [2.05, 4.69) is 15.5 Å². The lowest BCUT2D eigenvalue weighted by atomic mass is 10.1. The van der Waals surface area contributed by atoms with Gasteiger partial charge in [0.2, 0.25) is 5.91 Å². The summed E-state index contributed by atoms with van der Waals surface area (Å²) in [4.78, 5) is 11.7. The number of H-pyrrole nitrogens is 1. The van der Waals surface area contributed by atoms with Gasteiger partial charge in [-0.15, -0.1) is 0 Å². The van der Waals surface area contributed by atoms with Crippen molar-refractivity contribution in [3.8, 4) is 0 Å². The molecule has 0 aliphatic carbocycles. The molecule has 106 valence electrons. The molecule has 0 saturated heterocycles. The third kappa shape index (κ3) is 4.19. The van der Waals surface area contributed by atoms with Crippen LogP contribution in [0.5, 0.6) is 0 Å². The van der Waals surface area contributed by atoms with E-state index >= 15 is 0 Å².